The highest BCUT2D eigenvalue weighted by molar-refractivity contribution is 5.60. The van der Waals surface area contributed by atoms with Gasteiger partial charge in [-0.3, -0.25) is 0 Å². The lowest BCUT2D eigenvalue weighted by atomic mass is 10.2. The Morgan fingerprint density at radius 1 is 1.18 bits per heavy atom. The molecular formula is C14H15FN2. The summed E-state index contributed by atoms with van der Waals surface area (Å²) < 4.78 is 13.1. The summed E-state index contributed by atoms with van der Waals surface area (Å²) in [5, 5.41) is 0. The molecule has 0 atom stereocenters. The van der Waals surface area contributed by atoms with E-state index in [9.17, 15) is 4.39 Å². The number of anilines is 2. The molecule has 0 aliphatic carbocycles. The van der Waals surface area contributed by atoms with E-state index in [1.807, 2.05) is 43.0 Å². The van der Waals surface area contributed by atoms with Crippen LogP contribution in [0.5, 0.6) is 0 Å². The van der Waals surface area contributed by atoms with Crippen LogP contribution in [-0.4, -0.2) is 11.5 Å². The van der Waals surface area contributed by atoms with Gasteiger partial charge in [0, 0.05) is 12.2 Å². The summed E-state index contributed by atoms with van der Waals surface area (Å²) in [6.45, 7) is 4.81. The number of rotatable bonds is 3. The lowest BCUT2D eigenvalue weighted by Crippen LogP contribution is -2.17. The maximum atomic E-state index is 13.1. The summed E-state index contributed by atoms with van der Waals surface area (Å²) in [4.78, 5) is 5.89. The predicted molar refractivity (Wildman–Crippen MR) is 68.1 cm³/mol. The Hall–Kier alpha value is -1.90. The summed E-state index contributed by atoms with van der Waals surface area (Å²) >= 11 is 0. The van der Waals surface area contributed by atoms with Crippen LogP contribution in [0, 0.1) is 12.9 Å². The standard InChI is InChI=1S/C14H15FN2/c1-3-17(12-7-4-6-11(2)10-12)14-9-5-8-13(15)16-14/h4-10H,3H2,1-2H3. The molecule has 0 amide bonds. The van der Waals surface area contributed by atoms with Gasteiger partial charge in [-0.15, -0.1) is 0 Å². The van der Waals surface area contributed by atoms with E-state index in [1.165, 1.54) is 11.6 Å². The van der Waals surface area contributed by atoms with Crippen LogP contribution in [-0.2, 0) is 0 Å². The molecule has 1 aromatic carbocycles. The first-order chi connectivity index (χ1) is 8.20. The van der Waals surface area contributed by atoms with Crippen LogP contribution >= 0.6 is 0 Å². The maximum absolute atomic E-state index is 13.1. The average Bonchev–Trinajstić information content (AvgIpc) is 2.30. The third-order valence-corrected chi connectivity index (χ3v) is 2.61. The summed E-state index contributed by atoms with van der Waals surface area (Å²) in [7, 11) is 0. The first-order valence-electron chi connectivity index (χ1n) is 5.67. The van der Waals surface area contributed by atoms with Crippen molar-refractivity contribution >= 4 is 11.5 Å². The van der Waals surface area contributed by atoms with Gasteiger partial charge in [0.05, 0.1) is 0 Å². The molecule has 0 fully saturated rings. The zero-order valence-electron chi connectivity index (χ0n) is 10.0. The Bertz CT molecular complexity index is 466. The third-order valence-electron chi connectivity index (χ3n) is 2.61. The summed E-state index contributed by atoms with van der Waals surface area (Å²) in [6.07, 6.45) is 0. The van der Waals surface area contributed by atoms with Crippen molar-refractivity contribution in [3.05, 3.63) is 54.0 Å². The second kappa shape index (κ2) is 4.95. The van der Waals surface area contributed by atoms with Crippen molar-refractivity contribution in [3.63, 3.8) is 0 Å². The largest absolute Gasteiger partial charge is 0.327 e. The Morgan fingerprint density at radius 2 is 1.94 bits per heavy atom. The molecule has 0 unspecified atom stereocenters. The molecule has 0 N–H and O–H groups in total. The van der Waals surface area contributed by atoms with Crippen LogP contribution in [0.4, 0.5) is 15.9 Å². The van der Waals surface area contributed by atoms with Gasteiger partial charge in [0.1, 0.15) is 5.82 Å². The van der Waals surface area contributed by atoms with Crippen molar-refractivity contribution in [2.24, 2.45) is 0 Å². The molecule has 2 rings (SSSR count). The maximum Gasteiger partial charge on any atom is 0.214 e. The molecule has 0 aliphatic heterocycles. The zero-order chi connectivity index (χ0) is 12.3. The fourth-order valence-electron chi connectivity index (χ4n) is 1.82. The molecule has 0 radical (unpaired) electrons. The quantitative estimate of drug-likeness (QED) is 0.747. The minimum absolute atomic E-state index is 0.450. The molecule has 2 nitrogen and oxygen atoms in total. The van der Waals surface area contributed by atoms with E-state index in [0.29, 0.717) is 5.82 Å². The van der Waals surface area contributed by atoms with Gasteiger partial charge < -0.3 is 4.90 Å². The third kappa shape index (κ3) is 2.61. The highest BCUT2D eigenvalue weighted by atomic mass is 19.1. The molecule has 2 aromatic rings. The number of benzene rings is 1. The fourth-order valence-corrected chi connectivity index (χ4v) is 1.82. The highest BCUT2D eigenvalue weighted by Crippen LogP contribution is 2.23. The van der Waals surface area contributed by atoms with Gasteiger partial charge >= 0.3 is 0 Å². The van der Waals surface area contributed by atoms with E-state index in [-0.39, 0.29) is 0 Å². The number of nitrogens with zero attached hydrogens (tertiary/aromatic N) is 2. The van der Waals surface area contributed by atoms with Crippen molar-refractivity contribution in [3.8, 4) is 0 Å². The Morgan fingerprint density at radius 3 is 2.59 bits per heavy atom. The molecule has 0 saturated carbocycles. The Kier molecular flexibility index (Phi) is 3.38. The summed E-state index contributed by atoms with van der Waals surface area (Å²) in [5.74, 6) is 0.187. The van der Waals surface area contributed by atoms with E-state index >= 15 is 0 Å². The molecular weight excluding hydrogens is 215 g/mol. The lowest BCUT2D eigenvalue weighted by Gasteiger charge is -2.22. The second-order valence-corrected chi connectivity index (χ2v) is 3.90. The Labute approximate surface area is 101 Å². The van der Waals surface area contributed by atoms with Gasteiger partial charge in [0.25, 0.3) is 0 Å². The molecule has 17 heavy (non-hydrogen) atoms. The molecule has 88 valence electrons. The smallest absolute Gasteiger partial charge is 0.214 e. The number of aromatic nitrogens is 1. The van der Waals surface area contributed by atoms with Crippen molar-refractivity contribution in [1.82, 2.24) is 4.98 Å². The minimum Gasteiger partial charge on any atom is -0.327 e. The molecule has 0 bridgehead atoms. The molecule has 0 saturated heterocycles. The fraction of sp³-hybridized carbons (Fsp3) is 0.214. The highest BCUT2D eigenvalue weighted by Gasteiger charge is 2.08. The van der Waals surface area contributed by atoms with Crippen LogP contribution in [0.3, 0.4) is 0 Å². The first-order valence-corrected chi connectivity index (χ1v) is 5.67. The predicted octanol–water partition coefficient (Wildman–Crippen LogP) is 3.69. The van der Waals surface area contributed by atoms with E-state index in [0.717, 1.165) is 12.2 Å². The van der Waals surface area contributed by atoms with Crippen LogP contribution in [0.15, 0.2) is 42.5 Å². The van der Waals surface area contributed by atoms with Crippen molar-refractivity contribution in [2.45, 2.75) is 13.8 Å². The number of pyridine rings is 1. The van der Waals surface area contributed by atoms with Gasteiger partial charge in [-0.2, -0.15) is 4.39 Å². The van der Waals surface area contributed by atoms with E-state index < -0.39 is 5.95 Å². The van der Waals surface area contributed by atoms with Crippen LogP contribution in [0.1, 0.15) is 12.5 Å². The molecule has 1 heterocycles. The number of hydrogen-bond acceptors (Lipinski definition) is 2. The van der Waals surface area contributed by atoms with Crippen molar-refractivity contribution in [1.29, 1.82) is 0 Å². The van der Waals surface area contributed by atoms with Crippen LogP contribution in [0.25, 0.3) is 0 Å². The number of hydrogen-bond donors (Lipinski definition) is 0. The average molecular weight is 230 g/mol. The Balaban J connectivity index is 2.40. The van der Waals surface area contributed by atoms with Gasteiger partial charge in [-0.1, -0.05) is 18.2 Å². The SMILES string of the molecule is CCN(c1cccc(C)c1)c1cccc(F)n1. The second-order valence-electron chi connectivity index (χ2n) is 3.90. The summed E-state index contributed by atoms with van der Waals surface area (Å²) in [6, 6.07) is 12.9. The number of aryl methyl sites for hydroxylation is 1. The van der Waals surface area contributed by atoms with E-state index in [4.69, 9.17) is 0 Å². The van der Waals surface area contributed by atoms with Crippen molar-refractivity contribution in [2.75, 3.05) is 11.4 Å². The van der Waals surface area contributed by atoms with Crippen LogP contribution < -0.4 is 4.90 Å². The van der Waals surface area contributed by atoms with Gasteiger partial charge in [-0.05, 0) is 43.7 Å². The monoisotopic (exact) mass is 230 g/mol. The topological polar surface area (TPSA) is 16.1 Å². The minimum atomic E-state index is -0.450. The van der Waals surface area contributed by atoms with Crippen LogP contribution in [0.2, 0.25) is 0 Å². The van der Waals surface area contributed by atoms with Gasteiger partial charge in [0.15, 0.2) is 0 Å². The lowest BCUT2D eigenvalue weighted by molar-refractivity contribution is 0.583. The normalized spacial score (nSPS) is 10.3. The van der Waals surface area contributed by atoms with E-state index in [2.05, 4.69) is 11.1 Å². The van der Waals surface area contributed by atoms with Gasteiger partial charge in [-0.25, -0.2) is 4.98 Å². The number of halogens is 1. The molecule has 1 aromatic heterocycles. The van der Waals surface area contributed by atoms with E-state index in [1.54, 1.807) is 6.07 Å². The summed E-state index contributed by atoms with van der Waals surface area (Å²) in [5.41, 5.74) is 2.21. The van der Waals surface area contributed by atoms with Gasteiger partial charge in [0.2, 0.25) is 5.95 Å². The first kappa shape index (κ1) is 11.6. The van der Waals surface area contributed by atoms with Crippen molar-refractivity contribution < 1.29 is 4.39 Å². The zero-order valence-corrected chi connectivity index (χ0v) is 10.0. The molecule has 0 aliphatic rings. The molecule has 3 heteroatoms. The molecule has 0 spiro atoms.